The SMILES string of the molecule is C=C(C=C(Cl)C(=C)c1cc2cnc(Nc3ccc(CCN(CC)CC)cc3)nc2n(CC)c1=O)c1noc(C)n1. The normalized spacial score (nSPS) is 11.8. The number of nitrogens with zero attached hydrogens (tertiary/aromatic N) is 6. The fourth-order valence-corrected chi connectivity index (χ4v) is 4.54. The van der Waals surface area contributed by atoms with E-state index >= 15 is 0 Å². The third kappa shape index (κ3) is 6.55. The predicted octanol–water partition coefficient (Wildman–Crippen LogP) is 5.98. The molecule has 208 valence electrons. The first-order valence-electron chi connectivity index (χ1n) is 13.3. The molecule has 0 amide bonds. The van der Waals surface area contributed by atoms with Gasteiger partial charge < -0.3 is 14.7 Å². The van der Waals surface area contributed by atoms with Crippen molar-refractivity contribution in [2.75, 3.05) is 25.0 Å². The van der Waals surface area contributed by atoms with Crippen molar-refractivity contribution in [1.29, 1.82) is 0 Å². The lowest BCUT2D eigenvalue weighted by atomic mass is 10.1. The summed E-state index contributed by atoms with van der Waals surface area (Å²) in [6, 6.07) is 9.96. The summed E-state index contributed by atoms with van der Waals surface area (Å²) in [7, 11) is 0. The summed E-state index contributed by atoms with van der Waals surface area (Å²) in [5.74, 6) is 1.13. The molecular formula is C30H34ClN7O2. The summed E-state index contributed by atoms with van der Waals surface area (Å²) >= 11 is 6.54. The standard InChI is InChI=1S/C30H34ClN7O2/c1-7-37(8-2)15-14-22-10-12-24(13-11-22)34-30-32-18-23-17-25(29(39)38(9-3)28(23)35-30)20(5)26(31)16-19(4)27-33-21(6)40-36-27/h10-13,16-18H,4-5,7-9,14-15H2,1-3,6H3,(H,32,34,35). The van der Waals surface area contributed by atoms with Crippen molar-refractivity contribution in [2.45, 2.75) is 40.7 Å². The van der Waals surface area contributed by atoms with Gasteiger partial charge in [-0.15, -0.1) is 0 Å². The Morgan fingerprint density at radius 3 is 2.50 bits per heavy atom. The molecule has 0 radical (unpaired) electrons. The van der Waals surface area contributed by atoms with Gasteiger partial charge in [0.2, 0.25) is 17.7 Å². The van der Waals surface area contributed by atoms with E-state index in [1.165, 1.54) is 5.56 Å². The van der Waals surface area contributed by atoms with Crippen LogP contribution in [0.1, 0.15) is 43.6 Å². The lowest BCUT2D eigenvalue weighted by Crippen LogP contribution is -2.25. The zero-order chi connectivity index (χ0) is 28.8. The number of halogens is 1. The minimum Gasteiger partial charge on any atom is -0.339 e. The number of pyridine rings is 1. The number of benzene rings is 1. The number of allylic oxidation sites excluding steroid dienone is 4. The van der Waals surface area contributed by atoms with E-state index in [0.717, 1.165) is 31.7 Å². The van der Waals surface area contributed by atoms with Gasteiger partial charge in [-0.2, -0.15) is 9.97 Å². The van der Waals surface area contributed by atoms with Gasteiger partial charge in [-0.25, -0.2) is 4.98 Å². The van der Waals surface area contributed by atoms with Crippen molar-refractivity contribution < 1.29 is 4.52 Å². The number of hydrogen-bond acceptors (Lipinski definition) is 8. The molecule has 0 spiro atoms. The number of anilines is 2. The molecule has 10 heteroatoms. The highest BCUT2D eigenvalue weighted by atomic mass is 35.5. The van der Waals surface area contributed by atoms with E-state index in [0.29, 0.717) is 52.0 Å². The molecule has 1 N–H and O–H groups in total. The molecule has 40 heavy (non-hydrogen) atoms. The highest BCUT2D eigenvalue weighted by Crippen LogP contribution is 2.27. The zero-order valence-electron chi connectivity index (χ0n) is 23.4. The van der Waals surface area contributed by atoms with Crippen molar-refractivity contribution in [2.24, 2.45) is 0 Å². The molecule has 4 rings (SSSR count). The van der Waals surface area contributed by atoms with E-state index < -0.39 is 0 Å². The smallest absolute Gasteiger partial charge is 0.260 e. The summed E-state index contributed by atoms with van der Waals surface area (Å²) in [5, 5.41) is 8.02. The van der Waals surface area contributed by atoms with Crippen LogP contribution in [-0.4, -0.2) is 49.2 Å². The summed E-state index contributed by atoms with van der Waals surface area (Å²) in [6.07, 6.45) is 4.24. The van der Waals surface area contributed by atoms with Crippen molar-refractivity contribution >= 4 is 45.4 Å². The van der Waals surface area contributed by atoms with Crippen LogP contribution in [0.15, 0.2) is 70.1 Å². The maximum Gasteiger partial charge on any atom is 0.260 e. The predicted molar refractivity (Wildman–Crippen MR) is 162 cm³/mol. The van der Waals surface area contributed by atoms with Crippen molar-refractivity contribution in [3.05, 3.63) is 94.0 Å². The zero-order valence-corrected chi connectivity index (χ0v) is 24.1. The molecule has 1 aromatic carbocycles. The Labute approximate surface area is 238 Å². The maximum atomic E-state index is 13.4. The molecule has 0 saturated carbocycles. The van der Waals surface area contributed by atoms with E-state index in [-0.39, 0.29) is 10.6 Å². The summed E-state index contributed by atoms with van der Waals surface area (Å²) in [6.45, 7) is 19.5. The molecule has 9 nitrogen and oxygen atoms in total. The second kappa shape index (κ2) is 12.8. The van der Waals surface area contributed by atoms with Gasteiger partial charge in [0, 0.05) is 53.5 Å². The molecule has 0 aliphatic heterocycles. The van der Waals surface area contributed by atoms with Crippen molar-refractivity contribution in [3.63, 3.8) is 0 Å². The molecule has 3 heterocycles. The van der Waals surface area contributed by atoms with Gasteiger partial charge in [0.25, 0.3) is 5.56 Å². The van der Waals surface area contributed by atoms with Crippen LogP contribution in [0.2, 0.25) is 0 Å². The molecule has 0 aliphatic carbocycles. The minimum atomic E-state index is -0.255. The van der Waals surface area contributed by atoms with Crippen LogP contribution in [0.3, 0.4) is 0 Å². The van der Waals surface area contributed by atoms with Crippen LogP contribution in [0, 0.1) is 6.92 Å². The first-order valence-corrected chi connectivity index (χ1v) is 13.7. The Hall–Kier alpha value is -4.08. The van der Waals surface area contributed by atoms with Crippen molar-refractivity contribution in [1.82, 2.24) is 29.6 Å². The monoisotopic (exact) mass is 559 g/mol. The van der Waals surface area contributed by atoms with Crippen LogP contribution in [-0.2, 0) is 13.0 Å². The van der Waals surface area contributed by atoms with Crippen molar-refractivity contribution in [3.8, 4) is 0 Å². The summed E-state index contributed by atoms with van der Waals surface area (Å²) in [4.78, 5) is 29.1. The Morgan fingerprint density at radius 2 is 1.88 bits per heavy atom. The van der Waals surface area contributed by atoms with Gasteiger partial charge in [0.15, 0.2) is 0 Å². The average molecular weight is 560 g/mol. The van der Waals surface area contributed by atoms with E-state index in [9.17, 15) is 4.79 Å². The van der Waals surface area contributed by atoms with Gasteiger partial charge in [0.1, 0.15) is 5.65 Å². The van der Waals surface area contributed by atoms with E-state index in [1.54, 1.807) is 29.8 Å². The molecule has 3 aromatic heterocycles. The number of rotatable bonds is 12. The van der Waals surface area contributed by atoms with E-state index in [1.807, 2.05) is 19.1 Å². The topological polar surface area (TPSA) is 102 Å². The number of likely N-dealkylation sites (N-methyl/N-ethyl adjacent to an activating group) is 1. The van der Waals surface area contributed by atoms with E-state index in [4.69, 9.17) is 16.1 Å². The van der Waals surface area contributed by atoms with Gasteiger partial charge in [0.05, 0.1) is 0 Å². The molecule has 0 aliphatic rings. The summed E-state index contributed by atoms with van der Waals surface area (Å²) in [5.41, 5.74) is 3.54. The highest BCUT2D eigenvalue weighted by molar-refractivity contribution is 6.37. The molecule has 0 saturated heterocycles. The lowest BCUT2D eigenvalue weighted by Gasteiger charge is -2.17. The molecule has 0 atom stereocenters. The number of fused-ring (bicyclic) bond motifs is 1. The Morgan fingerprint density at radius 1 is 1.15 bits per heavy atom. The molecular weight excluding hydrogens is 526 g/mol. The van der Waals surface area contributed by atoms with Crippen LogP contribution < -0.4 is 10.9 Å². The van der Waals surface area contributed by atoms with Crippen LogP contribution >= 0.6 is 11.6 Å². The first kappa shape index (κ1) is 28.9. The number of aryl methyl sites for hydroxylation is 2. The van der Waals surface area contributed by atoms with E-state index in [2.05, 4.69) is 69.5 Å². The third-order valence-corrected chi connectivity index (χ3v) is 7.03. The largest absolute Gasteiger partial charge is 0.339 e. The fourth-order valence-electron chi connectivity index (χ4n) is 4.30. The second-order valence-corrected chi connectivity index (χ2v) is 9.72. The molecule has 0 bridgehead atoms. The fraction of sp³-hybridized carbons (Fsp3) is 0.300. The first-order chi connectivity index (χ1) is 19.2. The van der Waals surface area contributed by atoms with Gasteiger partial charge in [-0.1, -0.05) is 55.9 Å². The number of aromatic nitrogens is 5. The van der Waals surface area contributed by atoms with Crippen LogP contribution in [0.4, 0.5) is 11.6 Å². The quantitative estimate of drug-likeness (QED) is 0.211. The van der Waals surface area contributed by atoms with Gasteiger partial charge in [-0.05, 0) is 61.8 Å². The molecule has 0 fully saturated rings. The van der Waals surface area contributed by atoms with Crippen LogP contribution in [0.25, 0.3) is 22.2 Å². The summed E-state index contributed by atoms with van der Waals surface area (Å²) < 4.78 is 6.58. The highest BCUT2D eigenvalue weighted by Gasteiger charge is 2.16. The average Bonchev–Trinajstić information content (AvgIpc) is 3.40. The lowest BCUT2D eigenvalue weighted by molar-refractivity contribution is 0.308. The molecule has 0 unspecified atom stereocenters. The third-order valence-electron chi connectivity index (χ3n) is 6.69. The maximum absolute atomic E-state index is 13.4. The Bertz CT molecular complexity index is 1620. The minimum absolute atomic E-state index is 0.242. The second-order valence-electron chi connectivity index (χ2n) is 9.31. The van der Waals surface area contributed by atoms with Gasteiger partial charge in [-0.3, -0.25) is 9.36 Å². The Balaban J connectivity index is 1.56. The Kier molecular flexibility index (Phi) is 9.29. The number of hydrogen-bond donors (Lipinski definition) is 1. The van der Waals surface area contributed by atoms with Gasteiger partial charge >= 0.3 is 0 Å². The van der Waals surface area contributed by atoms with Crippen LogP contribution in [0.5, 0.6) is 0 Å². The molecule has 4 aromatic rings. The number of nitrogens with one attached hydrogen (secondary N) is 1.